The number of nitrogens with zero attached hydrogens (tertiary/aromatic N) is 2. The molecule has 4 nitrogen and oxygen atoms in total. The maximum absolute atomic E-state index is 12.0. The Morgan fingerprint density at radius 3 is 1.82 bits per heavy atom. The highest BCUT2D eigenvalue weighted by Crippen LogP contribution is 2.49. The molecule has 1 aliphatic carbocycles. The summed E-state index contributed by atoms with van der Waals surface area (Å²) in [5.74, 6) is 0.807. The lowest BCUT2D eigenvalue weighted by molar-refractivity contribution is -0.104. The summed E-state index contributed by atoms with van der Waals surface area (Å²) in [7, 11) is 1.91. The van der Waals surface area contributed by atoms with E-state index in [1.165, 1.54) is 50.1 Å². The summed E-state index contributed by atoms with van der Waals surface area (Å²) in [4.78, 5) is 21.3. The van der Waals surface area contributed by atoms with Crippen LogP contribution in [0.5, 0.6) is 0 Å². The van der Waals surface area contributed by atoms with Crippen molar-refractivity contribution in [3.8, 4) is 44.6 Å². The zero-order chi connectivity index (χ0) is 47.2. The fourth-order valence-corrected chi connectivity index (χ4v) is 9.38. The SMILES string of the molecule is CNc1ccccc1/C(=C(/C)C=O)c1cc(-c2ccc(C)c(-c3ccccc3C)c2)ccc1C.Cc1ccccc1.Cc1nc(-c2ccc3c(c2)C(C)(C)c2ccccc2-3)c2ccccc2n1. The fraction of sp³-hybridized carbons (Fsp3) is 0.159. The van der Waals surface area contributed by atoms with E-state index in [2.05, 4.69) is 191 Å². The molecule has 0 aliphatic heterocycles. The quantitative estimate of drug-likeness (QED) is 0.128. The second kappa shape index (κ2) is 19.8. The summed E-state index contributed by atoms with van der Waals surface area (Å²) < 4.78 is 0. The van der Waals surface area contributed by atoms with Crippen LogP contribution >= 0.6 is 0 Å². The van der Waals surface area contributed by atoms with Gasteiger partial charge in [0.25, 0.3) is 0 Å². The van der Waals surface area contributed by atoms with Crippen molar-refractivity contribution in [1.82, 2.24) is 9.97 Å². The van der Waals surface area contributed by atoms with E-state index in [9.17, 15) is 4.79 Å². The average molecular weight is 874 g/mol. The first-order valence-corrected chi connectivity index (χ1v) is 23.1. The fourth-order valence-electron chi connectivity index (χ4n) is 9.38. The summed E-state index contributed by atoms with van der Waals surface area (Å²) in [6, 6.07) is 63.9. The van der Waals surface area contributed by atoms with Crippen LogP contribution in [0.2, 0.25) is 0 Å². The molecule has 4 heteroatoms. The largest absolute Gasteiger partial charge is 0.388 e. The van der Waals surface area contributed by atoms with Gasteiger partial charge in [0, 0.05) is 34.7 Å². The molecule has 9 aromatic rings. The predicted molar refractivity (Wildman–Crippen MR) is 284 cm³/mol. The molecule has 10 rings (SSSR count). The molecule has 0 fully saturated rings. The smallest absolute Gasteiger partial charge is 0.146 e. The lowest BCUT2D eigenvalue weighted by Crippen LogP contribution is -2.14. The van der Waals surface area contributed by atoms with Gasteiger partial charge in [0.05, 0.1) is 11.2 Å². The molecule has 0 atom stereocenters. The van der Waals surface area contributed by atoms with Gasteiger partial charge in [-0.15, -0.1) is 0 Å². The van der Waals surface area contributed by atoms with E-state index in [1.54, 1.807) is 0 Å². The Morgan fingerprint density at radius 2 is 1.10 bits per heavy atom. The highest BCUT2D eigenvalue weighted by molar-refractivity contribution is 5.99. The van der Waals surface area contributed by atoms with Crippen LogP contribution < -0.4 is 5.32 Å². The van der Waals surface area contributed by atoms with Gasteiger partial charge in [0.15, 0.2) is 0 Å². The first-order valence-electron chi connectivity index (χ1n) is 23.1. The first-order chi connectivity index (χ1) is 32.4. The van der Waals surface area contributed by atoms with Crippen LogP contribution in [0, 0.1) is 34.6 Å². The van der Waals surface area contributed by atoms with E-state index in [4.69, 9.17) is 4.98 Å². The molecule has 8 aromatic carbocycles. The third kappa shape index (κ3) is 9.53. The number of nitrogens with one attached hydrogen (secondary N) is 1. The van der Waals surface area contributed by atoms with Gasteiger partial charge in [-0.3, -0.25) is 4.79 Å². The zero-order valence-corrected chi connectivity index (χ0v) is 40.2. The summed E-state index contributed by atoms with van der Waals surface area (Å²) in [6.45, 7) is 17.0. The molecule has 0 saturated heterocycles. The Hall–Kier alpha value is -7.69. The van der Waals surface area contributed by atoms with Gasteiger partial charge in [-0.1, -0.05) is 171 Å². The molecule has 1 aromatic heterocycles. The van der Waals surface area contributed by atoms with Crippen molar-refractivity contribution >= 4 is 28.4 Å². The van der Waals surface area contributed by atoms with Gasteiger partial charge < -0.3 is 5.32 Å². The Balaban J connectivity index is 0.000000162. The van der Waals surface area contributed by atoms with E-state index in [0.717, 1.165) is 73.3 Å². The topological polar surface area (TPSA) is 54.9 Å². The highest BCUT2D eigenvalue weighted by Gasteiger charge is 2.35. The van der Waals surface area contributed by atoms with Crippen molar-refractivity contribution in [3.63, 3.8) is 0 Å². The van der Waals surface area contributed by atoms with Gasteiger partial charge in [-0.05, 0) is 150 Å². The number of aromatic nitrogens is 2. The second-order valence-electron chi connectivity index (χ2n) is 18.1. The van der Waals surface area contributed by atoms with Gasteiger partial charge >= 0.3 is 0 Å². The van der Waals surface area contributed by atoms with Crippen LogP contribution in [-0.2, 0) is 10.2 Å². The Bertz CT molecular complexity index is 3290. The maximum Gasteiger partial charge on any atom is 0.146 e. The zero-order valence-electron chi connectivity index (χ0n) is 40.2. The van der Waals surface area contributed by atoms with E-state index >= 15 is 0 Å². The minimum atomic E-state index is -0.000183. The van der Waals surface area contributed by atoms with Gasteiger partial charge in [0.2, 0.25) is 0 Å². The number of carbonyl (C=O) groups excluding carboxylic acids is 1. The second-order valence-corrected chi connectivity index (χ2v) is 18.1. The molecule has 0 amide bonds. The van der Waals surface area contributed by atoms with Gasteiger partial charge in [-0.25, -0.2) is 9.97 Å². The Kier molecular flexibility index (Phi) is 13.6. The monoisotopic (exact) mass is 873 g/mol. The molecule has 0 saturated carbocycles. The van der Waals surface area contributed by atoms with E-state index in [0.29, 0.717) is 5.57 Å². The van der Waals surface area contributed by atoms with Crippen LogP contribution in [0.25, 0.3) is 61.1 Å². The molecule has 67 heavy (non-hydrogen) atoms. The maximum atomic E-state index is 12.0. The van der Waals surface area contributed by atoms with Gasteiger partial charge in [-0.2, -0.15) is 0 Å². The number of aldehydes is 1. The Morgan fingerprint density at radius 1 is 0.507 bits per heavy atom. The number of fused-ring (bicyclic) bond motifs is 4. The number of hydrogen-bond acceptors (Lipinski definition) is 4. The molecular formula is C63H59N3O. The molecule has 1 N–H and O–H groups in total. The van der Waals surface area contributed by atoms with Crippen LogP contribution in [-0.4, -0.2) is 23.3 Å². The molecule has 0 radical (unpaired) electrons. The molecular weight excluding hydrogens is 815 g/mol. The van der Waals surface area contributed by atoms with Crippen molar-refractivity contribution < 1.29 is 4.79 Å². The van der Waals surface area contributed by atoms with Gasteiger partial charge in [0.1, 0.15) is 12.1 Å². The van der Waals surface area contributed by atoms with Crippen molar-refractivity contribution in [2.75, 3.05) is 12.4 Å². The molecule has 1 aliphatic rings. The predicted octanol–water partition coefficient (Wildman–Crippen LogP) is 15.9. The molecule has 0 bridgehead atoms. The minimum absolute atomic E-state index is 0.000183. The summed E-state index contributed by atoms with van der Waals surface area (Å²) in [5.41, 5.74) is 23.2. The molecule has 332 valence electrons. The van der Waals surface area contributed by atoms with E-state index in [1.807, 2.05) is 63.4 Å². The normalized spacial score (nSPS) is 12.4. The van der Waals surface area contributed by atoms with Crippen LogP contribution in [0.1, 0.15) is 71.1 Å². The highest BCUT2D eigenvalue weighted by atomic mass is 16.1. The number of aryl methyl sites for hydroxylation is 5. The first kappa shape index (κ1) is 45.9. The standard InChI is InChI=1S/C32H31NO.C24H20N2.C7H8/c1-21-10-6-7-11-27(21)29-18-25(16-14-22(29)2)26-17-15-23(3)30(19-26)32(24(4)20-34)28-12-8-9-13-31(28)33-5;1-15-25-22-11-7-5-9-19(22)23(26-15)16-12-13-18-17-8-4-6-10-20(17)24(2,3)21(18)14-16;1-7-5-3-2-4-6-7/h6-20,33H,1-5H3;4-14H,1-3H3;2-6H,1H3/b32-24+;;. The number of anilines is 1. The lowest BCUT2D eigenvalue weighted by Gasteiger charge is -2.22. The van der Waals surface area contributed by atoms with Crippen molar-refractivity contribution in [2.45, 2.75) is 60.8 Å². The number of allylic oxidation sites excluding steroid dienone is 1. The number of carbonyl (C=O) groups is 1. The molecule has 0 spiro atoms. The van der Waals surface area contributed by atoms with Crippen LogP contribution in [0.4, 0.5) is 5.69 Å². The molecule has 1 heterocycles. The number of para-hydroxylation sites is 2. The van der Waals surface area contributed by atoms with Crippen molar-refractivity contribution in [3.05, 3.63) is 238 Å². The summed E-state index contributed by atoms with van der Waals surface area (Å²) in [6.07, 6.45) is 0.954. The average Bonchev–Trinajstić information content (AvgIpc) is 3.58. The van der Waals surface area contributed by atoms with E-state index in [-0.39, 0.29) is 5.41 Å². The van der Waals surface area contributed by atoms with Crippen LogP contribution in [0.3, 0.4) is 0 Å². The third-order valence-electron chi connectivity index (χ3n) is 13.1. The van der Waals surface area contributed by atoms with Crippen molar-refractivity contribution in [1.29, 1.82) is 0 Å². The van der Waals surface area contributed by atoms with Crippen molar-refractivity contribution in [2.24, 2.45) is 0 Å². The third-order valence-corrected chi connectivity index (χ3v) is 13.1. The lowest BCUT2D eigenvalue weighted by atomic mass is 9.82. The van der Waals surface area contributed by atoms with Crippen LogP contribution in [0.15, 0.2) is 188 Å². The Labute approximate surface area is 397 Å². The summed E-state index contributed by atoms with van der Waals surface area (Å²) >= 11 is 0. The number of hydrogen-bond donors (Lipinski definition) is 1. The number of rotatable bonds is 7. The summed E-state index contributed by atoms with van der Waals surface area (Å²) in [5, 5.41) is 4.38. The number of benzene rings is 8. The molecule has 0 unspecified atom stereocenters. The minimum Gasteiger partial charge on any atom is -0.388 e. The van der Waals surface area contributed by atoms with E-state index < -0.39 is 0 Å².